The molecule has 1 fully saturated rings. The SMILES string of the molecule is C[C@H]1c2cc(OCc3ccc(Cl)cn3)c(C(F)(F)F)cc2CCN1Cc1nc2c(F)cc(C(=O)O)cc2n1C[C@@H]1CCO1. The molecule has 8 nitrogen and oxygen atoms in total. The molecule has 226 valence electrons. The molecule has 6 rings (SSSR count). The number of pyridine rings is 1. The highest BCUT2D eigenvalue weighted by Gasteiger charge is 2.37. The van der Waals surface area contributed by atoms with E-state index in [-0.39, 0.29) is 42.1 Å². The lowest BCUT2D eigenvalue weighted by molar-refractivity contribution is -0.139. The number of carbonyl (C=O) groups is 1. The van der Waals surface area contributed by atoms with Gasteiger partial charge < -0.3 is 19.1 Å². The van der Waals surface area contributed by atoms with E-state index >= 15 is 0 Å². The van der Waals surface area contributed by atoms with E-state index in [9.17, 15) is 27.5 Å². The van der Waals surface area contributed by atoms with E-state index in [4.69, 9.17) is 21.1 Å². The molecule has 2 aliphatic rings. The zero-order chi connectivity index (χ0) is 30.5. The molecule has 13 heteroatoms. The Hall–Kier alpha value is -3.74. The second-order valence-electron chi connectivity index (χ2n) is 10.7. The minimum atomic E-state index is -4.62. The molecule has 1 saturated heterocycles. The van der Waals surface area contributed by atoms with Crippen molar-refractivity contribution in [3.8, 4) is 5.75 Å². The maximum atomic E-state index is 15.0. The molecule has 2 aromatic heterocycles. The summed E-state index contributed by atoms with van der Waals surface area (Å²) < 4.78 is 70.1. The predicted molar refractivity (Wildman–Crippen MR) is 149 cm³/mol. The normalized spacial score (nSPS) is 18.8. The first kappa shape index (κ1) is 29.3. The third-order valence-electron chi connectivity index (χ3n) is 8.03. The summed E-state index contributed by atoms with van der Waals surface area (Å²) >= 11 is 5.86. The summed E-state index contributed by atoms with van der Waals surface area (Å²) in [5.74, 6) is -1.77. The van der Waals surface area contributed by atoms with Gasteiger partial charge in [-0.15, -0.1) is 0 Å². The van der Waals surface area contributed by atoms with Crippen molar-refractivity contribution in [2.75, 3.05) is 13.2 Å². The Balaban J connectivity index is 1.32. The smallest absolute Gasteiger partial charge is 0.419 e. The van der Waals surface area contributed by atoms with Crippen LogP contribution in [0.1, 0.15) is 58.0 Å². The Kier molecular flexibility index (Phi) is 7.78. The van der Waals surface area contributed by atoms with Crippen LogP contribution in [0.3, 0.4) is 0 Å². The number of halogens is 5. The average Bonchev–Trinajstić information content (AvgIpc) is 3.28. The van der Waals surface area contributed by atoms with E-state index in [1.807, 2.05) is 6.92 Å². The first-order valence-electron chi connectivity index (χ1n) is 13.7. The molecule has 0 saturated carbocycles. The maximum absolute atomic E-state index is 15.0. The molecule has 0 unspecified atom stereocenters. The third-order valence-corrected chi connectivity index (χ3v) is 8.26. The molecule has 0 aliphatic carbocycles. The second-order valence-corrected chi connectivity index (χ2v) is 11.2. The fraction of sp³-hybridized carbons (Fsp3) is 0.367. The number of imidazole rings is 1. The zero-order valence-corrected chi connectivity index (χ0v) is 23.8. The number of rotatable bonds is 8. The number of fused-ring (bicyclic) bond motifs is 2. The lowest BCUT2D eigenvalue weighted by Crippen LogP contribution is -2.36. The van der Waals surface area contributed by atoms with E-state index in [0.29, 0.717) is 59.3 Å². The van der Waals surface area contributed by atoms with Gasteiger partial charge in [-0.3, -0.25) is 9.88 Å². The van der Waals surface area contributed by atoms with Crippen molar-refractivity contribution in [1.82, 2.24) is 19.4 Å². The average molecular weight is 619 g/mol. The Morgan fingerprint density at radius 3 is 2.67 bits per heavy atom. The van der Waals surface area contributed by atoms with Crippen molar-refractivity contribution in [2.45, 2.75) is 57.8 Å². The van der Waals surface area contributed by atoms with E-state index in [2.05, 4.69) is 14.9 Å². The lowest BCUT2D eigenvalue weighted by Gasteiger charge is -2.36. The van der Waals surface area contributed by atoms with E-state index < -0.39 is 23.5 Å². The van der Waals surface area contributed by atoms with Crippen LogP contribution < -0.4 is 4.74 Å². The quantitative estimate of drug-likeness (QED) is 0.228. The van der Waals surface area contributed by atoms with Gasteiger partial charge >= 0.3 is 12.1 Å². The Morgan fingerprint density at radius 2 is 2.02 bits per heavy atom. The molecule has 0 radical (unpaired) electrons. The summed E-state index contributed by atoms with van der Waals surface area (Å²) in [5, 5.41) is 9.89. The molecule has 2 aliphatic heterocycles. The Morgan fingerprint density at radius 1 is 1.23 bits per heavy atom. The number of aromatic carboxylic acids is 1. The van der Waals surface area contributed by atoms with Gasteiger partial charge in [0.2, 0.25) is 0 Å². The molecule has 0 spiro atoms. The van der Waals surface area contributed by atoms with Crippen LogP contribution in [0, 0.1) is 5.82 Å². The van der Waals surface area contributed by atoms with Crippen LogP contribution in [0.5, 0.6) is 5.75 Å². The van der Waals surface area contributed by atoms with E-state index in [1.165, 1.54) is 18.3 Å². The molecule has 2 atom stereocenters. The molecule has 4 heterocycles. The van der Waals surface area contributed by atoms with Crippen LogP contribution in [-0.2, 0) is 37.0 Å². The number of hydrogen-bond donors (Lipinski definition) is 1. The van der Waals surface area contributed by atoms with Crippen LogP contribution in [-0.4, -0.2) is 49.8 Å². The number of hydrogen-bond acceptors (Lipinski definition) is 6. The summed E-state index contributed by atoms with van der Waals surface area (Å²) in [4.78, 5) is 22.3. The summed E-state index contributed by atoms with van der Waals surface area (Å²) in [6, 6.07) is 7.79. The van der Waals surface area contributed by atoms with Gasteiger partial charge in [0.05, 0.1) is 46.6 Å². The van der Waals surface area contributed by atoms with Gasteiger partial charge in [0.15, 0.2) is 5.82 Å². The number of nitrogens with zero attached hydrogens (tertiary/aromatic N) is 4. The largest absolute Gasteiger partial charge is 0.487 e. The number of aromatic nitrogens is 3. The second kappa shape index (κ2) is 11.4. The summed E-state index contributed by atoms with van der Waals surface area (Å²) in [6.07, 6.45) is -2.17. The highest BCUT2D eigenvalue weighted by Crippen LogP contribution is 2.42. The highest BCUT2D eigenvalue weighted by molar-refractivity contribution is 6.30. The highest BCUT2D eigenvalue weighted by atomic mass is 35.5. The number of carboxylic acid groups (broad SMARTS) is 1. The van der Waals surface area contributed by atoms with E-state index in [1.54, 1.807) is 16.7 Å². The van der Waals surface area contributed by atoms with E-state index in [0.717, 1.165) is 18.6 Å². The van der Waals surface area contributed by atoms with Gasteiger partial charge in [-0.1, -0.05) is 11.6 Å². The van der Waals surface area contributed by atoms with Crippen molar-refractivity contribution in [3.05, 3.63) is 87.2 Å². The van der Waals surface area contributed by atoms with Gasteiger partial charge in [-0.2, -0.15) is 13.2 Å². The minimum absolute atomic E-state index is 0.0608. The monoisotopic (exact) mass is 618 g/mol. The molecule has 4 aromatic rings. The number of ether oxygens (including phenoxy) is 2. The van der Waals surface area contributed by atoms with Gasteiger partial charge in [0.25, 0.3) is 0 Å². The fourth-order valence-electron chi connectivity index (χ4n) is 5.59. The molecule has 43 heavy (non-hydrogen) atoms. The summed E-state index contributed by atoms with van der Waals surface area (Å²) in [7, 11) is 0. The molecular weight excluding hydrogens is 592 g/mol. The molecule has 0 bridgehead atoms. The first-order chi connectivity index (χ1) is 20.5. The van der Waals surface area contributed by atoms with Crippen LogP contribution in [0.2, 0.25) is 5.02 Å². The topological polar surface area (TPSA) is 89.7 Å². The molecule has 0 amide bonds. The van der Waals surface area contributed by atoms with Crippen molar-refractivity contribution in [1.29, 1.82) is 0 Å². The van der Waals surface area contributed by atoms with Crippen LogP contribution in [0.15, 0.2) is 42.6 Å². The maximum Gasteiger partial charge on any atom is 0.419 e. The number of benzene rings is 2. The first-order valence-corrected chi connectivity index (χ1v) is 14.1. The predicted octanol–water partition coefficient (Wildman–Crippen LogP) is 6.43. The van der Waals surface area contributed by atoms with Crippen molar-refractivity contribution in [2.24, 2.45) is 0 Å². The van der Waals surface area contributed by atoms with Crippen molar-refractivity contribution >= 4 is 28.6 Å². The third kappa shape index (κ3) is 5.91. The molecule has 1 N–H and O–H groups in total. The Labute approximate surface area is 248 Å². The molecular formula is C30H27ClF4N4O4. The van der Waals surface area contributed by atoms with Crippen LogP contribution in [0.25, 0.3) is 11.0 Å². The van der Waals surface area contributed by atoms with Crippen molar-refractivity contribution in [3.63, 3.8) is 0 Å². The zero-order valence-electron chi connectivity index (χ0n) is 23.0. The lowest BCUT2D eigenvalue weighted by atomic mass is 9.91. The van der Waals surface area contributed by atoms with Crippen LogP contribution in [0.4, 0.5) is 17.6 Å². The number of alkyl halides is 3. The van der Waals surface area contributed by atoms with Crippen LogP contribution >= 0.6 is 11.6 Å². The Bertz CT molecular complexity index is 1690. The van der Waals surface area contributed by atoms with Gasteiger partial charge in [0.1, 0.15) is 23.7 Å². The van der Waals surface area contributed by atoms with Crippen molar-refractivity contribution < 1.29 is 36.9 Å². The van der Waals surface area contributed by atoms with Gasteiger partial charge in [-0.05, 0) is 67.3 Å². The van der Waals surface area contributed by atoms with Gasteiger partial charge in [-0.25, -0.2) is 14.2 Å². The minimum Gasteiger partial charge on any atom is -0.487 e. The molecule has 2 aromatic carbocycles. The number of carboxylic acids is 1. The summed E-state index contributed by atoms with van der Waals surface area (Å²) in [5.41, 5.74) is 1.06. The van der Waals surface area contributed by atoms with Gasteiger partial charge in [0, 0.05) is 25.4 Å². The fourth-order valence-corrected chi connectivity index (χ4v) is 5.70. The summed E-state index contributed by atoms with van der Waals surface area (Å²) in [6.45, 7) is 3.40. The standard InChI is InChI=1S/C30H27ClF4N4O4/c1-16-22-11-26(43-15-20-3-2-19(31)12-36-20)23(30(33,34)35)8-17(22)4-6-38(16)14-27-37-28-24(32)9-18(29(40)41)10-25(28)39(27)13-21-5-7-42-21/h2-3,8-12,16,21H,4-7,13-15H2,1H3,(H,40,41)/t16-,21-/m0/s1.